The molecule has 0 aromatic carbocycles. The van der Waals surface area contributed by atoms with Gasteiger partial charge in [0.2, 0.25) is 0 Å². The largest absolute Gasteiger partial charge is 0.480 e. The fourth-order valence-electron chi connectivity index (χ4n) is 1.29. The number of nitrogens with zero attached hydrogens (tertiary/aromatic N) is 1. The first-order chi connectivity index (χ1) is 9.04. The van der Waals surface area contributed by atoms with E-state index in [1.807, 2.05) is 0 Å². The molecule has 0 aliphatic heterocycles. The summed E-state index contributed by atoms with van der Waals surface area (Å²) in [4.78, 5) is 26.0. The molecule has 0 bridgehead atoms. The first kappa shape index (κ1) is 15.5. The maximum atomic E-state index is 11.3. The predicted octanol–water partition coefficient (Wildman–Crippen LogP) is 0.903. The number of pyridine rings is 1. The molecule has 0 amide bonds. The number of carboxylic acids is 1. The normalized spacial score (nSPS) is 11.9. The van der Waals surface area contributed by atoms with Crippen LogP contribution in [0.2, 0.25) is 0 Å². The van der Waals surface area contributed by atoms with Gasteiger partial charge in [0.15, 0.2) is 0 Å². The number of rotatable bonds is 7. The van der Waals surface area contributed by atoms with E-state index >= 15 is 0 Å². The van der Waals surface area contributed by atoms with Gasteiger partial charge in [-0.2, -0.15) is 11.8 Å². The molecule has 0 fully saturated rings. The van der Waals surface area contributed by atoms with Gasteiger partial charge in [-0.15, -0.1) is 0 Å². The highest BCUT2D eigenvalue weighted by Gasteiger charge is 2.11. The summed E-state index contributed by atoms with van der Waals surface area (Å²) in [6.07, 6.45) is 0.399. The Bertz CT molecular complexity index is 453. The highest BCUT2D eigenvalue weighted by Crippen LogP contribution is 2.12. The molecule has 1 unspecified atom stereocenters. The Morgan fingerprint density at radius 3 is 2.89 bits per heavy atom. The van der Waals surface area contributed by atoms with E-state index in [1.54, 1.807) is 18.2 Å². The molecule has 0 radical (unpaired) electrons. The topological polar surface area (TPSA) is 103 Å². The van der Waals surface area contributed by atoms with Crippen LogP contribution in [0.15, 0.2) is 18.2 Å². The van der Waals surface area contributed by atoms with Gasteiger partial charge in [-0.25, -0.2) is 9.78 Å². The molecule has 7 heteroatoms. The Labute approximate surface area is 115 Å². The molecule has 1 aromatic heterocycles. The molecule has 1 atom stereocenters. The standard InChI is InChI=1S/C12H16N2O4S/c1-18-12(17)10-4-2-3-8(14-10)7-19-6-5-9(13)11(15)16/h2-4,9H,5-7,13H2,1H3,(H,15,16). The summed E-state index contributed by atoms with van der Waals surface area (Å²) in [5.41, 5.74) is 6.40. The third-order valence-corrected chi connectivity index (χ3v) is 3.37. The molecule has 19 heavy (non-hydrogen) atoms. The number of hydrogen-bond acceptors (Lipinski definition) is 6. The molecule has 0 saturated carbocycles. The van der Waals surface area contributed by atoms with Gasteiger partial charge in [-0.1, -0.05) is 6.07 Å². The van der Waals surface area contributed by atoms with Gasteiger partial charge < -0.3 is 15.6 Å². The lowest BCUT2D eigenvalue weighted by Gasteiger charge is -2.06. The molecule has 6 nitrogen and oxygen atoms in total. The van der Waals surface area contributed by atoms with Gasteiger partial charge in [-0.05, 0) is 24.3 Å². The Morgan fingerprint density at radius 1 is 1.53 bits per heavy atom. The van der Waals surface area contributed by atoms with Crippen molar-refractivity contribution in [3.63, 3.8) is 0 Å². The second-order valence-electron chi connectivity index (χ2n) is 3.79. The third kappa shape index (κ3) is 5.27. The number of carboxylic acid groups (broad SMARTS) is 1. The van der Waals surface area contributed by atoms with E-state index in [4.69, 9.17) is 10.8 Å². The summed E-state index contributed by atoms with van der Waals surface area (Å²) in [5, 5.41) is 8.62. The summed E-state index contributed by atoms with van der Waals surface area (Å²) in [6.45, 7) is 0. The van der Waals surface area contributed by atoms with Crippen molar-refractivity contribution in [2.45, 2.75) is 18.2 Å². The van der Waals surface area contributed by atoms with Crippen LogP contribution < -0.4 is 5.73 Å². The van der Waals surface area contributed by atoms with Gasteiger partial charge >= 0.3 is 11.9 Å². The van der Waals surface area contributed by atoms with Crippen molar-refractivity contribution in [3.05, 3.63) is 29.6 Å². The predicted molar refractivity (Wildman–Crippen MR) is 72.0 cm³/mol. The highest BCUT2D eigenvalue weighted by molar-refractivity contribution is 7.98. The molecule has 1 rings (SSSR count). The van der Waals surface area contributed by atoms with E-state index in [2.05, 4.69) is 9.72 Å². The lowest BCUT2D eigenvalue weighted by Crippen LogP contribution is -2.30. The van der Waals surface area contributed by atoms with E-state index in [9.17, 15) is 9.59 Å². The van der Waals surface area contributed by atoms with E-state index in [1.165, 1.54) is 18.9 Å². The number of nitrogens with two attached hydrogens (primary N) is 1. The van der Waals surface area contributed by atoms with Gasteiger partial charge in [0.25, 0.3) is 0 Å². The summed E-state index contributed by atoms with van der Waals surface area (Å²) in [5.74, 6) is -0.249. The number of thioether (sulfide) groups is 1. The van der Waals surface area contributed by atoms with Crippen LogP contribution in [0, 0.1) is 0 Å². The molecule has 1 heterocycles. The van der Waals surface area contributed by atoms with E-state index in [0.717, 1.165) is 5.69 Å². The van der Waals surface area contributed by atoms with Crippen molar-refractivity contribution in [2.24, 2.45) is 5.73 Å². The van der Waals surface area contributed by atoms with Crippen molar-refractivity contribution in [2.75, 3.05) is 12.9 Å². The Kier molecular flexibility index (Phi) is 6.31. The van der Waals surface area contributed by atoms with E-state index in [-0.39, 0.29) is 5.69 Å². The number of carbonyl (C=O) groups is 2. The van der Waals surface area contributed by atoms with Crippen molar-refractivity contribution >= 4 is 23.7 Å². The van der Waals surface area contributed by atoms with Crippen molar-refractivity contribution < 1.29 is 19.4 Å². The summed E-state index contributed by atoms with van der Waals surface area (Å²) in [7, 11) is 1.30. The molecular formula is C12H16N2O4S. The van der Waals surface area contributed by atoms with Crippen molar-refractivity contribution in [1.29, 1.82) is 0 Å². The Balaban J connectivity index is 2.41. The monoisotopic (exact) mass is 284 g/mol. The molecule has 1 aromatic rings. The van der Waals surface area contributed by atoms with Crippen molar-refractivity contribution in [1.82, 2.24) is 4.98 Å². The molecule has 104 valence electrons. The van der Waals surface area contributed by atoms with Crippen LogP contribution in [0.3, 0.4) is 0 Å². The molecule has 0 spiro atoms. The zero-order valence-electron chi connectivity index (χ0n) is 10.5. The third-order valence-electron chi connectivity index (χ3n) is 2.34. The maximum Gasteiger partial charge on any atom is 0.356 e. The molecule has 0 saturated heterocycles. The van der Waals surface area contributed by atoms with Crippen LogP contribution >= 0.6 is 11.8 Å². The smallest absolute Gasteiger partial charge is 0.356 e. The number of methoxy groups -OCH3 is 1. The number of hydrogen-bond donors (Lipinski definition) is 2. The highest BCUT2D eigenvalue weighted by atomic mass is 32.2. The average molecular weight is 284 g/mol. The van der Waals surface area contributed by atoms with Gasteiger partial charge in [0, 0.05) is 5.75 Å². The summed E-state index contributed by atoms with van der Waals surface area (Å²) in [6, 6.07) is 4.29. The molecular weight excluding hydrogens is 268 g/mol. The zero-order valence-corrected chi connectivity index (χ0v) is 11.4. The zero-order chi connectivity index (χ0) is 14.3. The average Bonchev–Trinajstić information content (AvgIpc) is 2.42. The Morgan fingerprint density at radius 2 is 2.26 bits per heavy atom. The SMILES string of the molecule is COC(=O)c1cccc(CSCCC(N)C(=O)O)n1. The van der Waals surface area contributed by atoms with Crippen LogP contribution in [-0.4, -0.2) is 40.9 Å². The minimum atomic E-state index is -0.994. The quantitative estimate of drug-likeness (QED) is 0.566. The Hall–Kier alpha value is -1.60. The van der Waals surface area contributed by atoms with Crippen LogP contribution in [-0.2, 0) is 15.3 Å². The first-order valence-electron chi connectivity index (χ1n) is 5.65. The van der Waals surface area contributed by atoms with Gasteiger partial charge in [0.1, 0.15) is 11.7 Å². The minimum absolute atomic E-state index is 0.267. The number of ether oxygens (including phenoxy) is 1. The molecule has 0 aliphatic rings. The van der Waals surface area contributed by atoms with E-state index < -0.39 is 18.0 Å². The molecule has 0 aliphatic carbocycles. The van der Waals surface area contributed by atoms with Gasteiger partial charge in [-0.3, -0.25) is 4.79 Å². The second-order valence-corrected chi connectivity index (χ2v) is 4.90. The van der Waals surface area contributed by atoms with E-state index in [0.29, 0.717) is 17.9 Å². The maximum absolute atomic E-state index is 11.3. The lowest BCUT2D eigenvalue weighted by atomic mass is 10.2. The van der Waals surface area contributed by atoms with Crippen LogP contribution in [0.5, 0.6) is 0 Å². The number of carbonyl (C=O) groups excluding carboxylic acids is 1. The van der Waals surface area contributed by atoms with Crippen LogP contribution in [0.1, 0.15) is 22.6 Å². The van der Waals surface area contributed by atoms with Crippen molar-refractivity contribution in [3.8, 4) is 0 Å². The van der Waals surface area contributed by atoms with Crippen LogP contribution in [0.4, 0.5) is 0 Å². The number of aliphatic carboxylic acids is 1. The summed E-state index contributed by atoms with van der Waals surface area (Å²) >= 11 is 1.52. The number of esters is 1. The fraction of sp³-hybridized carbons (Fsp3) is 0.417. The number of aromatic nitrogens is 1. The van der Waals surface area contributed by atoms with Gasteiger partial charge in [0.05, 0.1) is 12.8 Å². The fourth-order valence-corrected chi connectivity index (χ4v) is 2.22. The summed E-state index contributed by atoms with van der Waals surface area (Å²) < 4.78 is 4.58. The minimum Gasteiger partial charge on any atom is -0.480 e. The first-order valence-corrected chi connectivity index (χ1v) is 6.80. The molecule has 3 N–H and O–H groups in total. The second kappa shape index (κ2) is 7.75. The lowest BCUT2D eigenvalue weighted by molar-refractivity contribution is -0.138. The van der Waals surface area contributed by atoms with Crippen LogP contribution in [0.25, 0.3) is 0 Å².